The monoisotopic (exact) mass is 320 g/mol. The number of hydrogen-bond donors (Lipinski definition) is 1. The Labute approximate surface area is 131 Å². The maximum Gasteiger partial charge on any atom is 0.258 e. The summed E-state index contributed by atoms with van der Waals surface area (Å²) in [5.41, 5.74) is 1.72. The van der Waals surface area contributed by atoms with Crippen molar-refractivity contribution in [3.63, 3.8) is 0 Å². The smallest absolute Gasteiger partial charge is 0.258 e. The predicted molar refractivity (Wildman–Crippen MR) is 83.9 cm³/mol. The Bertz CT molecular complexity index is 685. The first-order valence-corrected chi connectivity index (χ1v) is 7.89. The van der Waals surface area contributed by atoms with Gasteiger partial charge in [0, 0.05) is 6.42 Å². The molecule has 4 nitrogen and oxygen atoms in total. The van der Waals surface area contributed by atoms with Crippen molar-refractivity contribution in [1.29, 1.82) is 0 Å². The second-order valence-corrected chi connectivity index (χ2v) is 5.93. The second kappa shape index (κ2) is 5.87. The van der Waals surface area contributed by atoms with Crippen molar-refractivity contribution in [2.24, 2.45) is 5.10 Å². The number of aromatic hydroxyl groups is 1. The third-order valence-corrected chi connectivity index (χ3v) is 4.49. The van der Waals surface area contributed by atoms with Gasteiger partial charge >= 0.3 is 0 Å². The van der Waals surface area contributed by atoms with Crippen molar-refractivity contribution in [1.82, 2.24) is 5.01 Å². The van der Waals surface area contributed by atoms with E-state index in [4.69, 9.17) is 11.6 Å². The van der Waals surface area contributed by atoms with Gasteiger partial charge < -0.3 is 5.11 Å². The molecule has 1 aromatic carbocycles. The first-order chi connectivity index (χ1) is 10.2. The highest BCUT2D eigenvalue weighted by Crippen LogP contribution is 2.34. The second-order valence-electron chi connectivity index (χ2n) is 4.71. The fraction of sp³-hybridized carbons (Fsp3) is 0.200. The number of carbonyl (C=O) groups is 1. The number of amides is 1. The minimum atomic E-state index is -0.239. The molecule has 1 aromatic heterocycles. The van der Waals surface area contributed by atoms with Gasteiger partial charge in [-0.05, 0) is 29.1 Å². The number of alkyl halides is 1. The number of phenolic OH excluding ortho intramolecular Hbond substituents is 1. The van der Waals surface area contributed by atoms with E-state index in [-0.39, 0.29) is 23.6 Å². The molecule has 0 spiro atoms. The fourth-order valence-electron chi connectivity index (χ4n) is 2.38. The van der Waals surface area contributed by atoms with E-state index in [1.807, 2.05) is 23.6 Å². The van der Waals surface area contributed by atoms with E-state index >= 15 is 0 Å². The van der Waals surface area contributed by atoms with E-state index < -0.39 is 0 Å². The number of halogens is 1. The van der Waals surface area contributed by atoms with Crippen LogP contribution in [-0.4, -0.2) is 27.6 Å². The molecule has 0 aliphatic carbocycles. The van der Waals surface area contributed by atoms with Crippen LogP contribution >= 0.6 is 22.9 Å². The van der Waals surface area contributed by atoms with Crippen LogP contribution in [0.25, 0.3) is 0 Å². The van der Waals surface area contributed by atoms with Crippen molar-refractivity contribution in [3.8, 4) is 5.75 Å². The van der Waals surface area contributed by atoms with Gasteiger partial charge in [-0.25, -0.2) is 5.01 Å². The average molecular weight is 321 g/mol. The maximum atomic E-state index is 12.0. The number of nitrogens with zero attached hydrogens (tertiary/aromatic N) is 2. The Balaban J connectivity index is 1.95. The van der Waals surface area contributed by atoms with Crippen LogP contribution in [0.1, 0.15) is 22.9 Å². The first kappa shape index (κ1) is 14.1. The van der Waals surface area contributed by atoms with Crippen molar-refractivity contribution in [2.75, 3.05) is 5.88 Å². The van der Waals surface area contributed by atoms with Gasteiger partial charge in [0.05, 0.1) is 16.6 Å². The molecule has 0 bridgehead atoms. The average Bonchev–Trinajstić information content (AvgIpc) is 3.15. The van der Waals surface area contributed by atoms with Crippen LogP contribution < -0.4 is 0 Å². The van der Waals surface area contributed by atoms with Gasteiger partial charge in [0.25, 0.3) is 5.91 Å². The van der Waals surface area contributed by atoms with E-state index in [0.717, 1.165) is 16.2 Å². The van der Waals surface area contributed by atoms with Gasteiger partial charge in [0.15, 0.2) is 0 Å². The number of hydrogen-bond acceptors (Lipinski definition) is 4. The third-order valence-electron chi connectivity index (χ3n) is 3.34. The minimum absolute atomic E-state index is 0.115. The minimum Gasteiger partial charge on any atom is -0.508 e. The van der Waals surface area contributed by atoms with Crippen molar-refractivity contribution >= 4 is 34.6 Å². The van der Waals surface area contributed by atoms with Crippen molar-refractivity contribution < 1.29 is 9.90 Å². The van der Waals surface area contributed by atoms with Crippen LogP contribution in [0, 0.1) is 0 Å². The molecule has 3 rings (SSSR count). The van der Waals surface area contributed by atoms with Gasteiger partial charge in [0.2, 0.25) is 0 Å². The van der Waals surface area contributed by atoms with Crippen LogP contribution in [0.15, 0.2) is 46.9 Å². The van der Waals surface area contributed by atoms with E-state index in [0.29, 0.717) is 6.42 Å². The Morgan fingerprint density at radius 3 is 2.95 bits per heavy atom. The summed E-state index contributed by atoms with van der Waals surface area (Å²) in [5.74, 6) is -0.178. The van der Waals surface area contributed by atoms with E-state index in [1.165, 1.54) is 5.01 Å². The lowest BCUT2D eigenvalue weighted by Gasteiger charge is -2.21. The van der Waals surface area contributed by atoms with Crippen LogP contribution in [-0.2, 0) is 4.79 Å². The van der Waals surface area contributed by atoms with Gasteiger partial charge in [-0.3, -0.25) is 4.79 Å². The zero-order chi connectivity index (χ0) is 14.8. The molecule has 6 heteroatoms. The van der Waals surface area contributed by atoms with Gasteiger partial charge in [-0.1, -0.05) is 18.2 Å². The third kappa shape index (κ3) is 2.80. The highest BCUT2D eigenvalue weighted by atomic mass is 35.5. The lowest BCUT2D eigenvalue weighted by Crippen LogP contribution is -2.27. The van der Waals surface area contributed by atoms with Gasteiger partial charge in [-0.15, -0.1) is 22.9 Å². The zero-order valence-corrected chi connectivity index (χ0v) is 12.6. The normalized spacial score (nSPS) is 17.9. The molecule has 1 atom stereocenters. The summed E-state index contributed by atoms with van der Waals surface area (Å²) < 4.78 is 0. The Morgan fingerprint density at radius 2 is 2.29 bits per heavy atom. The molecule has 0 unspecified atom stereocenters. The number of carbonyl (C=O) groups excluding carboxylic acids is 1. The number of hydrazone groups is 1. The summed E-state index contributed by atoms with van der Waals surface area (Å²) in [7, 11) is 0. The topological polar surface area (TPSA) is 52.9 Å². The molecule has 1 amide bonds. The van der Waals surface area contributed by atoms with Crippen molar-refractivity contribution in [3.05, 3.63) is 52.2 Å². The molecule has 0 fully saturated rings. The van der Waals surface area contributed by atoms with E-state index in [1.54, 1.807) is 29.5 Å². The van der Waals surface area contributed by atoms with Crippen molar-refractivity contribution in [2.45, 2.75) is 12.5 Å². The molecule has 2 aromatic rings. The molecule has 1 aliphatic heterocycles. The summed E-state index contributed by atoms with van der Waals surface area (Å²) in [4.78, 5) is 13.1. The largest absolute Gasteiger partial charge is 0.508 e. The number of thiophene rings is 1. The van der Waals surface area contributed by atoms with Gasteiger partial charge in [0.1, 0.15) is 11.6 Å². The van der Waals surface area contributed by atoms with Crippen LogP contribution in [0.5, 0.6) is 5.75 Å². The summed E-state index contributed by atoms with van der Waals surface area (Å²) >= 11 is 7.27. The fourth-order valence-corrected chi connectivity index (χ4v) is 3.23. The molecule has 108 valence electrons. The Morgan fingerprint density at radius 1 is 1.43 bits per heavy atom. The highest BCUT2D eigenvalue weighted by molar-refractivity contribution is 7.12. The number of rotatable bonds is 3. The molecule has 0 radical (unpaired) electrons. The number of benzene rings is 1. The SMILES string of the molecule is O=C(CCl)N1N=C(c2cccs2)C[C@H]1c1cccc(O)c1. The molecular formula is C15H13ClN2O2S. The molecule has 21 heavy (non-hydrogen) atoms. The molecule has 2 heterocycles. The summed E-state index contributed by atoms with van der Waals surface area (Å²) in [5, 5.41) is 17.5. The maximum absolute atomic E-state index is 12.0. The van der Waals surface area contributed by atoms with Gasteiger partial charge in [-0.2, -0.15) is 5.10 Å². The van der Waals surface area contributed by atoms with E-state index in [2.05, 4.69) is 5.10 Å². The van der Waals surface area contributed by atoms with E-state index in [9.17, 15) is 9.90 Å². The lowest BCUT2D eigenvalue weighted by atomic mass is 10.0. The highest BCUT2D eigenvalue weighted by Gasteiger charge is 2.33. The quantitative estimate of drug-likeness (QED) is 0.882. The summed E-state index contributed by atoms with van der Waals surface area (Å²) in [6, 6.07) is 10.6. The molecular weight excluding hydrogens is 308 g/mol. The van der Waals surface area contributed by atoms with Crippen LogP contribution in [0.2, 0.25) is 0 Å². The Hall–Kier alpha value is -1.85. The first-order valence-electron chi connectivity index (χ1n) is 6.47. The molecule has 0 saturated heterocycles. The van der Waals surface area contributed by atoms with Crippen LogP contribution in [0.3, 0.4) is 0 Å². The molecule has 0 saturated carbocycles. The summed E-state index contributed by atoms with van der Waals surface area (Å²) in [6.45, 7) is 0. The lowest BCUT2D eigenvalue weighted by molar-refractivity contribution is -0.130. The zero-order valence-electron chi connectivity index (χ0n) is 11.1. The number of phenols is 1. The van der Waals surface area contributed by atoms with Crippen LogP contribution in [0.4, 0.5) is 0 Å². The molecule has 1 N–H and O–H groups in total. The standard InChI is InChI=1S/C15H13ClN2O2S/c16-9-15(20)18-13(10-3-1-4-11(19)7-10)8-12(17-18)14-5-2-6-21-14/h1-7,13,19H,8-9H2/t13-/m0/s1. The summed E-state index contributed by atoms with van der Waals surface area (Å²) in [6.07, 6.45) is 0.618. The predicted octanol–water partition coefficient (Wildman–Crippen LogP) is 3.37. The molecule has 1 aliphatic rings. The Kier molecular flexibility index (Phi) is 3.94.